The molecule has 9 heteroatoms. The van der Waals surface area contributed by atoms with E-state index in [4.69, 9.17) is 10.7 Å². The summed E-state index contributed by atoms with van der Waals surface area (Å²) in [5.74, 6) is 0.362. The number of piperazine rings is 1. The highest BCUT2D eigenvalue weighted by Crippen LogP contribution is 2.44. The number of alkyl halides is 1. The highest BCUT2D eigenvalue weighted by molar-refractivity contribution is 14.1. The van der Waals surface area contributed by atoms with Crippen LogP contribution in [-0.4, -0.2) is 75.7 Å². The lowest BCUT2D eigenvalue weighted by Gasteiger charge is -2.41. The predicted molar refractivity (Wildman–Crippen MR) is 188 cm³/mol. The van der Waals surface area contributed by atoms with Crippen LogP contribution in [0.15, 0.2) is 48.7 Å². The van der Waals surface area contributed by atoms with Gasteiger partial charge in [0.2, 0.25) is 5.91 Å². The molecule has 5 rings (SSSR count). The molecule has 43 heavy (non-hydrogen) atoms. The van der Waals surface area contributed by atoms with E-state index in [9.17, 15) is 4.79 Å². The normalized spacial score (nSPS) is 27.0. The van der Waals surface area contributed by atoms with Crippen LogP contribution >= 0.6 is 31.8 Å². The molecule has 2 aliphatic carbocycles. The molecule has 4 atom stereocenters. The second kappa shape index (κ2) is 16.4. The minimum Gasteiger partial charge on any atom is -0.349 e. The van der Waals surface area contributed by atoms with E-state index in [1.54, 1.807) is 0 Å². The van der Waals surface area contributed by atoms with E-state index in [1.165, 1.54) is 29.7 Å². The van der Waals surface area contributed by atoms with Crippen LogP contribution in [0.2, 0.25) is 0 Å². The maximum absolute atomic E-state index is 13.4. The van der Waals surface area contributed by atoms with Crippen LogP contribution < -0.4 is 16.4 Å². The molecule has 1 unspecified atom stereocenters. The zero-order valence-corrected chi connectivity index (χ0v) is 29.0. The molecule has 1 aromatic carbocycles. The Morgan fingerprint density at radius 3 is 2.79 bits per heavy atom. The summed E-state index contributed by atoms with van der Waals surface area (Å²) in [6.07, 6.45) is 12.7. The fourth-order valence-electron chi connectivity index (χ4n) is 7.25. The number of hydrogen-bond acceptors (Lipinski definition) is 6. The number of hydrogen-bond donors (Lipinski definition) is 3. The summed E-state index contributed by atoms with van der Waals surface area (Å²) in [6.45, 7) is 6.88. The number of pyridine rings is 1. The molecule has 1 aromatic heterocycles. The number of aromatic nitrogens is 1. The SMILES string of the molecule is NCCCCN(C[C@H]1CN(CC[C@@H](NC(=O)C2CCC(P)(I)CC2)c2ccccc2)CCN1)[C@H]1CCCc2cccnc21. The van der Waals surface area contributed by atoms with Gasteiger partial charge in [-0.1, -0.05) is 59.0 Å². The van der Waals surface area contributed by atoms with Crippen molar-refractivity contribution in [2.24, 2.45) is 11.7 Å². The minimum absolute atomic E-state index is 0.0434. The van der Waals surface area contributed by atoms with Crippen molar-refractivity contribution in [3.05, 3.63) is 65.5 Å². The number of halogens is 1. The molecule has 7 nitrogen and oxygen atoms in total. The Hall–Kier alpha value is -1.16. The zero-order valence-electron chi connectivity index (χ0n) is 25.7. The van der Waals surface area contributed by atoms with E-state index in [0.29, 0.717) is 12.1 Å². The van der Waals surface area contributed by atoms with Gasteiger partial charge in [-0.3, -0.25) is 14.7 Å². The third-order valence-corrected chi connectivity index (χ3v) is 11.4. The summed E-state index contributed by atoms with van der Waals surface area (Å²) >= 11 is 2.54. The first-order valence-corrected chi connectivity index (χ1v) is 18.2. The number of aryl methyl sites for hydroxylation is 1. The lowest BCUT2D eigenvalue weighted by Crippen LogP contribution is -2.55. The van der Waals surface area contributed by atoms with Crippen molar-refractivity contribution >= 4 is 37.7 Å². The van der Waals surface area contributed by atoms with Crippen LogP contribution in [0, 0.1) is 5.92 Å². The summed E-state index contributed by atoms with van der Waals surface area (Å²) in [6, 6.07) is 15.8. The van der Waals surface area contributed by atoms with Gasteiger partial charge in [0.25, 0.3) is 0 Å². The molecule has 0 spiro atoms. The van der Waals surface area contributed by atoms with Crippen LogP contribution in [0.4, 0.5) is 0 Å². The molecule has 3 aliphatic rings. The first-order valence-electron chi connectivity index (χ1n) is 16.6. The van der Waals surface area contributed by atoms with Gasteiger partial charge in [-0.2, -0.15) is 0 Å². The van der Waals surface area contributed by atoms with Crippen molar-refractivity contribution in [1.29, 1.82) is 0 Å². The summed E-state index contributed by atoms with van der Waals surface area (Å²) in [7, 11) is 2.99. The van der Waals surface area contributed by atoms with Crippen LogP contribution in [0.5, 0.6) is 0 Å². The van der Waals surface area contributed by atoms with Gasteiger partial charge in [-0.25, -0.2) is 0 Å². The maximum Gasteiger partial charge on any atom is 0.223 e. The van der Waals surface area contributed by atoms with Crippen molar-refractivity contribution in [3.8, 4) is 0 Å². The highest BCUT2D eigenvalue weighted by atomic mass is 127. The molecule has 0 bridgehead atoms. The average Bonchev–Trinajstić information content (AvgIpc) is 3.03. The predicted octanol–water partition coefficient (Wildman–Crippen LogP) is 5.22. The molecule has 2 aromatic rings. The third kappa shape index (κ3) is 9.67. The van der Waals surface area contributed by atoms with Crippen LogP contribution in [0.25, 0.3) is 0 Å². The molecule has 1 saturated carbocycles. The Kier molecular flexibility index (Phi) is 12.7. The molecule has 1 saturated heterocycles. The van der Waals surface area contributed by atoms with Gasteiger partial charge in [-0.05, 0) is 94.5 Å². The quantitative estimate of drug-likeness (QED) is 0.114. The standard InChI is InChI=1S/C34H52IN6OP/c35-34(43)16-13-28(14-17-34)33(42)39-30(26-8-2-1-3-9-26)15-22-40-23-20-37-29(24-40)25-41(21-5-4-18-36)31-12-6-10-27-11-7-19-38-32(27)31/h1-3,7-9,11,19,28-31,37H,4-6,10,12-18,20-25,36,43H2,(H,39,42)/t28?,29-,30-,31+,34?/m1/s1. The second-order valence-electron chi connectivity index (χ2n) is 13.0. The third-order valence-electron chi connectivity index (χ3n) is 9.74. The first-order chi connectivity index (χ1) is 20.9. The lowest BCUT2D eigenvalue weighted by atomic mass is 9.87. The number of carbonyl (C=O) groups is 1. The highest BCUT2D eigenvalue weighted by Gasteiger charge is 2.34. The number of nitrogens with two attached hydrogens (primary N) is 1. The van der Waals surface area contributed by atoms with E-state index in [1.807, 2.05) is 6.20 Å². The van der Waals surface area contributed by atoms with Crippen LogP contribution in [0.1, 0.15) is 86.7 Å². The fraction of sp³-hybridized carbons (Fsp3) is 0.647. The fourth-order valence-corrected chi connectivity index (χ4v) is 8.20. The Morgan fingerprint density at radius 2 is 2.00 bits per heavy atom. The number of nitrogens with zero attached hydrogens (tertiary/aromatic N) is 3. The van der Waals surface area contributed by atoms with Gasteiger partial charge in [-0.15, -0.1) is 9.24 Å². The van der Waals surface area contributed by atoms with Gasteiger partial charge in [0.15, 0.2) is 0 Å². The first kappa shape index (κ1) is 33.2. The number of fused-ring (bicyclic) bond motifs is 1. The number of carbonyl (C=O) groups excluding carboxylic acids is 1. The molecule has 4 N–H and O–H groups in total. The maximum atomic E-state index is 13.4. The summed E-state index contributed by atoms with van der Waals surface area (Å²) in [5.41, 5.74) is 9.80. The molecule has 2 heterocycles. The largest absolute Gasteiger partial charge is 0.349 e. The summed E-state index contributed by atoms with van der Waals surface area (Å²) in [4.78, 5) is 23.6. The van der Waals surface area contributed by atoms with Crippen molar-refractivity contribution in [2.75, 3.05) is 45.8 Å². The van der Waals surface area contributed by atoms with Crippen molar-refractivity contribution in [2.45, 2.75) is 85.5 Å². The van der Waals surface area contributed by atoms with Gasteiger partial charge in [0, 0.05) is 54.0 Å². The van der Waals surface area contributed by atoms with Crippen molar-refractivity contribution in [3.63, 3.8) is 0 Å². The molecule has 1 aliphatic heterocycles. The zero-order chi connectivity index (χ0) is 30.1. The molecular formula is C34H52IN6OP. The Balaban J connectivity index is 1.20. The van der Waals surface area contributed by atoms with E-state index in [-0.39, 0.29) is 21.0 Å². The van der Waals surface area contributed by atoms with Crippen molar-refractivity contribution in [1.82, 2.24) is 25.4 Å². The number of benzene rings is 1. The minimum atomic E-state index is 0.0434. The monoisotopic (exact) mass is 718 g/mol. The molecule has 236 valence electrons. The number of nitrogens with one attached hydrogen (secondary N) is 2. The summed E-state index contributed by atoms with van der Waals surface area (Å²) in [5, 5.41) is 7.31. The molecule has 0 radical (unpaired) electrons. The molecule has 2 fully saturated rings. The van der Waals surface area contributed by atoms with Gasteiger partial charge < -0.3 is 21.3 Å². The van der Waals surface area contributed by atoms with E-state index < -0.39 is 0 Å². The Bertz CT molecular complexity index is 1140. The van der Waals surface area contributed by atoms with E-state index in [2.05, 4.69) is 94.7 Å². The number of amides is 1. The smallest absolute Gasteiger partial charge is 0.223 e. The second-order valence-corrected chi connectivity index (χ2v) is 17.4. The Labute approximate surface area is 275 Å². The van der Waals surface area contributed by atoms with Crippen LogP contribution in [0.3, 0.4) is 0 Å². The number of rotatable bonds is 13. The van der Waals surface area contributed by atoms with Crippen LogP contribution in [-0.2, 0) is 11.2 Å². The van der Waals surface area contributed by atoms with E-state index >= 15 is 0 Å². The van der Waals surface area contributed by atoms with Crippen molar-refractivity contribution < 1.29 is 4.79 Å². The average molecular weight is 719 g/mol. The number of unbranched alkanes of at least 4 members (excludes halogenated alkanes) is 1. The topological polar surface area (TPSA) is 86.5 Å². The molecular weight excluding hydrogens is 666 g/mol. The summed E-state index contributed by atoms with van der Waals surface area (Å²) < 4.78 is 0.253. The molecule has 1 amide bonds. The van der Waals surface area contributed by atoms with Gasteiger partial charge >= 0.3 is 0 Å². The van der Waals surface area contributed by atoms with E-state index in [0.717, 1.165) is 97.2 Å². The Morgan fingerprint density at radius 1 is 1.19 bits per heavy atom. The lowest BCUT2D eigenvalue weighted by molar-refractivity contribution is -0.126. The van der Waals surface area contributed by atoms with Gasteiger partial charge in [0.05, 0.1) is 17.8 Å². The van der Waals surface area contributed by atoms with Gasteiger partial charge in [0.1, 0.15) is 0 Å².